The van der Waals surface area contributed by atoms with Crippen LogP contribution in [0.5, 0.6) is 0 Å². The van der Waals surface area contributed by atoms with Crippen LogP contribution < -0.4 is 10.0 Å². The number of sulfonamides is 1. The van der Waals surface area contributed by atoms with Crippen molar-refractivity contribution in [1.29, 1.82) is 0 Å². The quantitative estimate of drug-likeness (QED) is 0.788. The fourth-order valence-corrected chi connectivity index (χ4v) is 3.06. The molecule has 0 aromatic heterocycles. The van der Waals surface area contributed by atoms with Crippen LogP contribution in [0.3, 0.4) is 0 Å². The molecule has 2 N–H and O–H groups in total. The zero-order valence-corrected chi connectivity index (χ0v) is 11.8. The first-order chi connectivity index (χ1) is 8.51. The van der Waals surface area contributed by atoms with Gasteiger partial charge in [0.2, 0.25) is 10.0 Å². The lowest BCUT2D eigenvalue weighted by molar-refractivity contribution is 0.180. The number of rotatable bonds is 7. The van der Waals surface area contributed by atoms with Gasteiger partial charge in [-0.3, -0.25) is 0 Å². The van der Waals surface area contributed by atoms with Crippen molar-refractivity contribution in [2.75, 3.05) is 25.6 Å². The first-order valence-electron chi connectivity index (χ1n) is 5.85. The fraction of sp³-hybridized carbons (Fsp3) is 0.500. The monoisotopic (exact) mass is 272 g/mol. The predicted octanol–water partition coefficient (Wildman–Crippen LogP) is 1.43. The van der Waals surface area contributed by atoms with Gasteiger partial charge in [-0.15, -0.1) is 0 Å². The molecule has 18 heavy (non-hydrogen) atoms. The third-order valence-corrected chi connectivity index (χ3v) is 3.96. The van der Waals surface area contributed by atoms with Gasteiger partial charge in [0.25, 0.3) is 0 Å². The maximum absolute atomic E-state index is 12.2. The molecule has 0 aliphatic heterocycles. The Hall–Kier alpha value is -1.11. The molecule has 5 nitrogen and oxygen atoms in total. The minimum absolute atomic E-state index is 0.259. The second-order valence-electron chi connectivity index (χ2n) is 4.00. The Morgan fingerprint density at radius 2 is 2.00 bits per heavy atom. The maximum atomic E-state index is 12.2. The first-order valence-corrected chi connectivity index (χ1v) is 7.33. The fourth-order valence-electron chi connectivity index (χ4n) is 1.65. The van der Waals surface area contributed by atoms with Crippen LogP contribution in [0.25, 0.3) is 0 Å². The van der Waals surface area contributed by atoms with Crippen molar-refractivity contribution in [2.45, 2.75) is 24.8 Å². The lowest BCUT2D eigenvalue weighted by Gasteiger charge is -2.16. The van der Waals surface area contributed by atoms with E-state index in [1.54, 1.807) is 31.2 Å². The molecule has 1 atom stereocenters. The largest absolute Gasteiger partial charge is 0.384 e. The average molecular weight is 272 g/mol. The van der Waals surface area contributed by atoms with E-state index in [0.29, 0.717) is 18.8 Å². The minimum Gasteiger partial charge on any atom is -0.384 e. The lowest BCUT2D eigenvalue weighted by atomic mass is 10.3. The SMILES string of the molecule is CCNc1ccccc1S(=O)(=O)NC(C)COC. The van der Waals surface area contributed by atoms with E-state index in [0.717, 1.165) is 0 Å². The standard InChI is InChI=1S/C12H20N2O3S/c1-4-13-11-7-5-6-8-12(11)18(15,16)14-10(2)9-17-3/h5-8,10,13-14H,4,9H2,1-3H3. The van der Waals surface area contributed by atoms with Gasteiger partial charge in [-0.25, -0.2) is 13.1 Å². The van der Waals surface area contributed by atoms with E-state index < -0.39 is 10.0 Å². The van der Waals surface area contributed by atoms with Gasteiger partial charge in [-0.05, 0) is 26.0 Å². The number of nitrogens with one attached hydrogen (secondary N) is 2. The third-order valence-electron chi connectivity index (χ3n) is 2.32. The molecule has 0 saturated heterocycles. The summed E-state index contributed by atoms with van der Waals surface area (Å²) in [6, 6.07) is 6.57. The summed E-state index contributed by atoms with van der Waals surface area (Å²) in [5.74, 6) is 0. The van der Waals surface area contributed by atoms with Gasteiger partial charge in [0.1, 0.15) is 4.90 Å². The number of methoxy groups -OCH3 is 1. The van der Waals surface area contributed by atoms with Crippen molar-refractivity contribution in [3.05, 3.63) is 24.3 Å². The lowest BCUT2D eigenvalue weighted by Crippen LogP contribution is -2.35. The summed E-state index contributed by atoms with van der Waals surface area (Å²) < 4.78 is 31.9. The zero-order valence-electron chi connectivity index (χ0n) is 10.9. The van der Waals surface area contributed by atoms with Crippen molar-refractivity contribution >= 4 is 15.7 Å². The Balaban J connectivity index is 2.97. The van der Waals surface area contributed by atoms with Crippen molar-refractivity contribution in [2.24, 2.45) is 0 Å². The topological polar surface area (TPSA) is 67.4 Å². The summed E-state index contributed by atoms with van der Waals surface area (Å²) in [6.07, 6.45) is 0. The molecule has 102 valence electrons. The molecule has 0 spiro atoms. The summed E-state index contributed by atoms with van der Waals surface area (Å²) in [7, 11) is -1.99. The summed E-state index contributed by atoms with van der Waals surface area (Å²) in [5.41, 5.74) is 0.608. The summed E-state index contributed by atoms with van der Waals surface area (Å²) in [5, 5.41) is 3.04. The highest BCUT2D eigenvalue weighted by molar-refractivity contribution is 7.89. The van der Waals surface area contributed by atoms with Crippen LogP contribution in [0.15, 0.2) is 29.2 Å². The smallest absolute Gasteiger partial charge is 0.242 e. The normalized spacial score (nSPS) is 13.3. The van der Waals surface area contributed by atoms with Crippen LogP contribution in [-0.2, 0) is 14.8 Å². The van der Waals surface area contributed by atoms with Crippen LogP contribution in [-0.4, -0.2) is 34.7 Å². The van der Waals surface area contributed by atoms with E-state index in [4.69, 9.17) is 4.74 Å². The molecule has 1 aromatic carbocycles. The van der Waals surface area contributed by atoms with Crippen LogP contribution in [0, 0.1) is 0 Å². The van der Waals surface area contributed by atoms with Gasteiger partial charge in [0.05, 0.1) is 12.3 Å². The molecule has 6 heteroatoms. The third kappa shape index (κ3) is 3.97. The van der Waals surface area contributed by atoms with Crippen LogP contribution in [0.2, 0.25) is 0 Å². The van der Waals surface area contributed by atoms with Crippen molar-refractivity contribution < 1.29 is 13.2 Å². The van der Waals surface area contributed by atoms with Gasteiger partial charge in [-0.1, -0.05) is 12.1 Å². The Bertz CT molecular complexity index is 474. The molecule has 0 aliphatic carbocycles. The van der Waals surface area contributed by atoms with Crippen molar-refractivity contribution in [1.82, 2.24) is 4.72 Å². The molecule has 1 unspecified atom stereocenters. The van der Waals surface area contributed by atoms with Crippen LogP contribution >= 0.6 is 0 Å². The predicted molar refractivity (Wildman–Crippen MR) is 72.3 cm³/mol. The average Bonchev–Trinajstić information content (AvgIpc) is 2.29. The van der Waals surface area contributed by atoms with Gasteiger partial charge >= 0.3 is 0 Å². The molecular formula is C12H20N2O3S. The second-order valence-corrected chi connectivity index (χ2v) is 5.69. The molecule has 0 saturated carbocycles. The first kappa shape index (κ1) is 14.9. The number of hydrogen-bond donors (Lipinski definition) is 2. The second kappa shape index (κ2) is 6.72. The van der Waals surface area contributed by atoms with E-state index in [1.165, 1.54) is 7.11 Å². The number of benzene rings is 1. The van der Waals surface area contributed by atoms with E-state index in [1.807, 2.05) is 6.92 Å². The van der Waals surface area contributed by atoms with E-state index >= 15 is 0 Å². The molecular weight excluding hydrogens is 252 g/mol. The van der Waals surface area contributed by atoms with Crippen molar-refractivity contribution in [3.63, 3.8) is 0 Å². The zero-order chi connectivity index (χ0) is 13.6. The summed E-state index contributed by atoms with van der Waals surface area (Å²) in [6.45, 7) is 4.68. The van der Waals surface area contributed by atoms with Crippen molar-refractivity contribution in [3.8, 4) is 0 Å². The number of para-hydroxylation sites is 1. The van der Waals surface area contributed by atoms with E-state index in [2.05, 4.69) is 10.0 Å². The number of ether oxygens (including phenoxy) is 1. The number of hydrogen-bond acceptors (Lipinski definition) is 4. The molecule has 0 bridgehead atoms. The molecule has 1 rings (SSSR count). The maximum Gasteiger partial charge on any atom is 0.242 e. The Morgan fingerprint density at radius 3 is 2.61 bits per heavy atom. The van der Waals surface area contributed by atoms with E-state index in [9.17, 15) is 8.42 Å². The summed E-state index contributed by atoms with van der Waals surface area (Å²) >= 11 is 0. The minimum atomic E-state index is -3.53. The highest BCUT2D eigenvalue weighted by Gasteiger charge is 2.20. The van der Waals surface area contributed by atoms with E-state index in [-0.39, 0.29) is 10.9 Å². The molecule has 1 aromatic rings. The molecule has 0 heterocycles. The van der Waals surface area contributed by atoms with Crippen LogP contribution in [0.1, 0.15) is 13.8 Å². The van der Waals surface area contributed by atoms with Gasteiger partial charge in [0, 0.05) is 19.7 Å². The molecule has 0 amide bonds. The highest BCUT2D eigenvalue weighted by Crippen LogP contribution is 2.20. The molecule has 0 radical (unpaired) electrons. The molecule has 0 aliphatic rings. The van der Waals surface area contributed by atoms with Gasteiger partial charge in [-0.2, -0.15) is 0 Å². The highest BCUT2D eigenvalue weighted by atomic mass is 32.2. The Morgan fingerprint density at radius 1 is 1.33 bits per heavy atom. The Kier molecular flexibility index (Phi) is 5.58. The van der Waals surface area contributed by atoms with Gasteiger partial charge < -0.3 is 10.1 Å². The van der Waals surface area contributed by atoms with Gasteiger partial charge in [0.15, 0.2) is 0 Å². The summed E-state index contributed by atoms with van der Waals surface area (Å²) in [4.78, 5) is 0.259. The molecule has 0 fully saturated rings. The Labute approximate surface area is 109 Å². The van der Waals surface area contributed by atoms with Crippen LogP contribution in [0.4, 0.5) is 5.69 Å². The number of anilines is 1.